The molecular formula is C9H13ClN2O2. The number of halogens is 1. The molecule has 0 aliphatic heterocycles. The molecule has 78 valence electrons. The van der Waals surface area contributed by atoms with E-state index in [1.54, 1.807) is 32.3 Å². The topological polar surface area (TPSA) is 57.2 Å². The van der Waals surface area contributed by atoms with Crippen LogP contribution in [0.3, 0.4) is 0 Å². The van der Waals surface area contributed by atoms with Crippen LogP contribution in [0.1, 0.15) is 0 Å². The minimum Gasteiger partial charge on any atom is -1.00 e. The summed E-state index contributed by atoms with van der Waals surface area (Å²) in [7, 11) is 3.27. The van der Waals surface area contributed by atoms with Crippen LogP contribution in [0, 0.1) is 0 Å². The summed E-state index contributed by atoms with van der Waals surface area (Å²) in [6.45, 7) is 0. The van der Waals surface area contributed by atoms with E-state index in [0.717, 1.165) is 0 Å². The van der Waals surface area contributed by atoms with E-state index in [-0.39, 0.29) is 12.4 Å². The van der Waals surface area contributed by atoms with Crippen LogP contribution in [0.25, 0.3) is 0 Å². The Morgan fingerprint density at radius 2 is 1.93 bits per heavy atom. The first kappa shape index (κ1) is 12.7. The Morgan fingerprint density at radius 3 is 2.43 bits per heavy atom. The van der Waals surface area contributed by atoms with Crippen LogP contribution in [0.15, 0.2) is 24.3 Å². The molecule has 0 unspecified atom stereocenters. The second-order valence-electron chi connectivity index (χ2n) is 2.87. The van der Waals surface area contributed by atoms with Gasteiger partial charge in [0.2, 0.25) is 0 Å². The average molecular weight is 217 g/mol. The molecule has 0 aliphatic carbocycles. The molecule has 1 rings (SSSR count). The van der Waals surface area contributed by atoms with Gasteiger partial charge in [-0.25, -0.2) is 4.79 Å². The SMILES string of the molecule is CN(C)C(=O)Oc1ccccc1[NH3+].[Cl-]. The lowest BCUT2D eigenvalue weighted by Crippen LogP contribution is -3.00. The Labute approximate surface area is 89.1 Å². The van der Waals surface area contributed by atoms with E-state index in [2.05, 4.69) is 5.73 Å². The van der Waals surface area contributed by atoms with Crippen molar-refractivity contribution < 1.29 is 27.7 Å². The van der Waals surface area contributed by atoms with Crippen LogP contribution >= 0.6 is 0 Å². The highest BCUT2D eigenvalue weighted by Crippen LogP contribution is 2.18. The summed E-state index contributed by atoms with van der Waals surface area (Å²) >= 11 is 0. The summed E-state index contributed by atoms with van der Waals surface area (Å²) in [6.07, 6.45) is -0.392. The van der Waals surface area contributed by atoms with Crippen molar-refractivity contribution in [3.8, 4) is 5.75 Å². The van der Waals surface area contributed by atoms with Gasteiger partial charge in [-0.2, -0.15) is 0 Å². The lowest BCUT2D eigenvalue weighted by atomic mass is 10.3. The average Bonchev–Trinajstić information content (AvgIpc) is 2.08. The number of quaternary nitrogens is 1. The molecule has 3 N–H and O–H groups in total. The standard InChI is InChI=1S/C9H12N2O2.ClH/c1-11(2)9(12)13-8-6-4-3-5-7(8)10;/h3-6H,10H2,1-2H3;1H. The van der Waals surface area contributed by atoms with Gasteiger partial charge < -0.3 is 27.8 Å². The largest absolute Gasteiger partial charge is 1.00 e. The van der Waals surface area contributed by atoms with Crippen molar-refractivity contribution in [2.75, 3.05) is 14.1 Å². The van der Waals surface area contributed by atoms with Gasteiger partial charge in [-0.3, -0.25) is 0 Å². The van der Waals surface area contributed by atoms with E-state index in [1.165, 1.54) is 4.90 Å². The number of rotatable bonds is 1. The van der Waals surface area contributed by atoms with Gasteiger partial charge in [0, 0.05) is 20.2 Å². The number of hydrogen-bond donors (Lipinski definition) is 1. The molecule has 0 saturated carbocycles. The maximum atomic E-state index is 11.1. The Bertz CT molecular complexity index is 315. The van der Waals surface area contributed by atoms with Crippen LogP contribution in [0.5, 0.6) is 5.75 Å². The Morgan fingerprint density at radius 1 is 1.36 bits per heavy atom. The number of ether oxygens (including phenoxy) is 1. The second-order valence-corrected chi connectivity index (χ2v) is 2.87. The summed E-state index contributed by atoms with van der Waals surface area (Å²) in [6, 6.07) is 7.14. The molecule has 14 heavy (non-hydrogen) atoms. The van der Waals surface area contributed by atoms with Crippen LogP contribution in [0.4, 0.5) is 10.5 Å². The van der Waals surface area contributed by atoms with Crippen LogP contribution in [-0.4, -0.2) is 25.1 Å². The van der Waals surface area contributed by atoms with Gasteiger partial charge in [0.15, 0.2) is 11.4 Å². The monoisotopic (exact) mass is 216 g/mol. The highest BCUT2D eigenvalue weighted by atomic mass is 35.5. The van der Waals surface area contributed by atoms with Crippen molar-refractivity contribution in [3.63, 3.8) is 0 Å². The molecule has 0 heterocycles. The normalized spacial score (nSPS) is 8.79. The molecule has 0 atom stereocenters. The van der Waals surface area contributed by atoms with Crippen LogP contribution < -0.4 is 22.9 Å². The van der Waals surface area contributed by atoms with Gasteiger partial charge in [-0.1, -0.05) is 12.1 Å². The summed E-state index contributed by atoms with van der Waals surface area (Å²) in [5.41, 5.74) is 4.44. The minimum atomic E-state index is -0.392. The molecule has 5 heteroatoms. The molecule has 0 aromatic heterocycles. The van der Waals surface area contributed by atoms with Crippen molar-refractivity contribution >= 4 is 11.8 Å². The minimum absolute atomic E-state index is 0. The van der Waals surface area contributed by atoms with Crippen molar-refractivity contribution in [2.45, 2.75) is 0 Å². The highest BCUT2D eigenvalue weighted by Gasteiger charge is 2.09. The molecule has 0 spiro atoms. The molecular weight excluding hydrogens is 204 g/mol. The van der Waals surface area contributed by atoms with Crippen LogP contribution in [-0.2, 0) is 0 Å². The zero-order valence-electron chi connectivity index (χ0n) is 8.16. The molecule has 0 saturated heterocycles. The van der Waals surface area contributed by atoms with E-state index >= 15 is 0 Å². The summed E-state index contributed by atoms with van der Waals surface area (Å²) in [5, 5.41) is 0. The quantitative estimate of drug-likeness (QED) is 0.570. The number of carbonyl (C=O) groups excluding carboxylic acids is 1. The zero-order valence-corrected chi connectivity index (χ0v) is 8.91. The van der Waals surface area contributed by atoms with E-state index in [4.69, 9.17) is 4.74 Å². The number of hydrogen-bond acceptors (Lipinski definition) is 2. The van der Waals surface area contributed by atoms with Gasteiger partial charge in [0.1, 0.15) is 0 Å². The molecule has 0 fully saturated rings. The molecule has 0 radical (unpaired) electrons. The number of carbonyl (C=O) groups is 1. The Balaban J connectivity index is 0.00000169. The summed E-state index contributed by atoms with van der Waals surface area (Å²) < 4.78 is 5.03. The molecule has 1 aromatic rings. The fourth-order valence-electron chi connectivity index (χ4n) is 0.789. The first-order chi connectivity index (χ1) is 6.11. The van der Waals surface area contributed by atoms with Gasteiger partial charge in [-0.05, 0) is 6.07 Å². The van der Waals surface area contributed by atoms with Gasteiger partial charge in [-0.15, -0.1) is 0 Å². The first-order valence-corrected chi connectivity index (χ1v) is 3.91. The summed E-state index contributed by atoms with van der Waals surface area (Å²) in [5.74, 6) is 0.501. The predicted molar refractivity (Wildman–Crippen MR) is 48.7 cm³/mol. The van der Waals surface area contributed by atoms with Crippen molar-refractivity contribution in [1.82, 2.24) is 4.90 Å². The summed E-state index contributed by atoms with van der Waals surface area (Å²) in [4.78, 5) is 12.5. The van der Waals surface area contributed by atoms with Gasteiger partial charge >= 0.3 is 6.09 Å². The molecule has 1 amide bonds. The van der Waals surface area contributed by atoms with Crippen molar-refractivity contribution in [3.05, 3.63) is 24.3 Å². The molecule has 0 bridgehead atoms. The smallest absolute Gasteiger partial charge is 0.414 e. The van der Waals surface area contributed by atoms with E-state index in [0.29, 0.717) is 11.4 Å². The fraction of sp³-hybridized carbons (Fsp3) is 0.222. The number of amides is 1. The van der Waals surface area contributed by atoms with Crippen LogP contribution in [0.2, 0.25) is 0 Å². The number of benzene rings is 1. The fourth-order valence-corrected chi connectivity index (χ4v) is 0.789. The van der Waals surface area contributed by atoms with Gasteiger partial charge in [0.25, 0.3) is 0 Å². The maximum absolute atomic E-state index is 11.1. The van der Waals surface area contributed by atoms with E-state index in [1.807, 2.05) is 6.07 Å². The highest BCUT2D eigenvalue weighted by molar-refractivity contribution is 5.71. The predicted octanol–water partition coefficient (Wildman–Crippen LogP) is -2.38. The third-order valence-electron chi connectivity index (χ3n) is 1.54. The second kappa shape index (κ2) is 5.47. The number of para-hydroxylation sites is 1. The third-order valence-corrected chi connectivity index (χ3v) is 1.54. The zero-order chi connectivity index (χ0) is 9.84. The molecule has 4 nitrogen and oxygen atoms in total. The lowest BCUT2D eigenvalue weighted by molar-refractivity contribution is -0.256. The first-order valence-electron chi connectivity index (χ1n) is 3.91. The maximum Gasteiger partial charge on any atom is 0.414 e. The van der Waals surface area contributed by atoms with Crippen molar-refractivity contribution in [2.24, 2.45) is 0 Å². The van der Waals surface area contributed by atoms with E-state index < -0.39 is 6.09 Å². The van der Waals surface area contributed by atoms with Crippen molar-refractivity contribution in [1.29, 1.82) is 0 Å². The molecule has 0 aliphatic rings. The lowest BCUT2D eigenvalue weighted by Gasteiger charge is -2.10. The number of nitrogens with zero attached hydrogens (tertiary/aromatic N) is 1. The Hall–Kier alpha value is -1.26. The van der Waals surface area contributed by atoms with Gasteiger partial charge in [0.05, 0.1) is 0 Å². The Kier molecular flexibility index (Phi) is 4.97. The third kappa shape index (κ3) is 3.24. The molecule has 1 aromatic carbocycles. The van der Waals surface area contributed by atoms with E-state index in [9.17, 15) is 4.79 Å².